The first-order valence-electron chi connectivity index (χ1n) is 6.95. The molecule has 0 atom stereocenters. The molecule has 0 fully saturated rings. The number of aromatic nitrogens is 3. The lowest BCUT2D eigenvalue weighted by Gasteiger charge is -2.03. The molecule has 4 rings (SSSR count). The Morgan fingerprint density at radius 3 is 2.74 bits per heavy atom. The molecule has 2 aromatic heterocycles. The zero-order valence-corrected chi connectivity index (χ0v) is 15.3. The number of imidazole rings is 1. The van der Waals surface area contributed by atoms with E-state index in [1.54, 1.807) is 11.8 Å². The summed E-state index contributed by atoms with van der Waals surface area (Å²) in [5.41, 5.74) is 3.68. The van der Waals surface area contributed by atoms with Crippen LogP contribution in [0.3, 0.4) is 0 Å². The first-order chi connectivity index (χ1) is 11.2. The minimum atomic E-state index is 0.678. The van der Waals surface area contributed by atoms with E-state index in [-0.39, 0.29) is 0 Å². The van der Waals surface area contributed by atoms with Crippen LogP contribution in [-0.2, 0) is 0 Å². The normalized spacial score (nSPS) is 11.4. The van der Waals surface area contributed by atoms with Crippen LogP contribution in [0.15, 0.2) is 52.0 Å². The van der Waals surface area contributed by atoms with E-state index in [1.165, 1.54) is 0 Å². The average Bonchev–Trinajstić information content (AvgIpc) is 2.99. The summed E-state index contributed by atoms with van der Waals surface area (Å²) in [5, 5.41) is 2.63. The fraction of sp³-hybridized carbons (Fsp3) is 0.0588. The SMILES string of the molecule is CSc1nc2cc(Br)ccc2c2nc(-c3ccccc3Cl)[nH]c12. The highest BCUT2D eigenvalue weighted by Crippen LogP contribution is 2.34. The smallest absolute Gasteiger partial charge is 0.140 e. The zero-order chi connectivity index (χ0) is 16.0. The van der Waals surface area contributed by atoms with E-state index < -0.39 is 0 Å². The van der Waals surface area contributed by atoms with Crippen molar-refractivity contribution < 1.29 is 0 Å². The predicted octanol–water partition coefficient (Wildman–Crippen LogP) is 5.92. The van der Waals surface area contributed by atoms with Crippen molar-refractivity contribution in [3.8, 4) is 11.4 Å². The van der Waals surface area contributed by atoms with E-state index >= 15 is 0 Å². The molecule has 2 heterocycles. The van der Waals surface area contributed by atoms with E-state index in [0.29, 0.717) is 5.02 Å². The van der Waals surface area contributed by atoms with Crippen molar-refractivity contribution in [3.63, 3.8) is 0 Å². The van der Waals surface area contributed by atoms with E-state index in [2.05, 4.69) is 20.9 Å². The van der Waals surface area contributed by atoms with E-state index in [0.717, 1.165) is 42.8 Å². The molecule has 0 bridgehead atoms. The van der Waals surface area contributed by atoms with Gasteiger partial charge in [-0.05, 0) is 36.6 Å². The standard InChI is InChI=1S/C17H11BrClN3S/c1-23-17-15-14(11-7-6-9(18)8-13(11)20-17)21-16(22-15)10-4-2-3-5-12(10)19/h2-8H,1H3,(H,21,22). The first kappa shape index (κ1) is 15.0. The number of rotatable bonds is 2. The highest BCUT2D eigenvalue weighted by atomic mass is 79.9. The van der Waals surface area contributed by atoms with Gasteiger partial charge >= 0.3 is 0 Å². The summed E-state index contributed by atoms with van der Waals surface area (Å²) in [6, 6.07) is 13.8. The van der Waals surface area contributed by atoms with Gasteiger partial charge in [-0.3, -0.25) is 0 Å². The fourth-order valence-corrected chi connectivity index (χ4v) is 3.73. The predicted molar refractivity (Wildman–Crippen MR) is 101 cm³/mol. The van der Waals surface area contributed by atoms with Gasteiger partial charge in [0.05, 0.1) is 16.1 Å². The molecule has 0 saturated carbocycles. The largest absolute Gasteiger partial charge is 0.336 e. The number of fused-ring (bicyclic) bond motifs is 3. The Balaban J connectivity index is 2.08. The molecule has 0 aliphatic carbocycles. The summed E-state index contributed by atoms with van der Waals surface area (Å²) in [7, 11) is 0. The lowest BCUT2D eigenvalue weighted by Crippen LogP contribution is -1.86. The van der Waals surface area contributed by atoms with E-state index in [4.69, 9.17) is 21.6 Å². The maximum Gasteiger partial charge on any atom is 0.140 e. The lowest BCUT2D eigenvalue weighted by atomic mass is 10.2. The van der Waals surface area contributed by atoms with Crippen molar-refractivity contribution in [1.82, 2.24) is 15.0 Å². The van der Waals surface area contributed by atoms with Gasteiger partial charge in [-0.15, -0.1) is 11.8 Å². The molecule has 6 heteroatoms. The molecule has 0 amide bonds. The molecule has 114 valence electrons. The van der Waals surface area contributed by atoms with Crippen molar-refractivity contribution in [3.05, 3.63) is 52.0 Å². The average molecular weight is 405 g/mol. The maximum absolute atomic E-state index is 6.31. The van der Waals surface area contributed by atoms with Crippen molar-refractivity contribution in [2.45, 2.75) is 5.03 Å². The highest BCUT2D eigenvalue weighted by molar-refractivity contribution is 9.10. The number of hydrogen-bond donors (Lipinski definition) is 1. The molecule has 1 N–H and O–H groups in total. The number of hydrogen-bond acceptors (Lipinski definition) is 3. The number of H-pyrrole nitrogens is 1. The number of nitrogens with one attached hydrogen (secondary N) is 1. The quantitative estimate of drug-likeness (QED) is 0.422. The number of thioether (sulfide) groups is 1. The topological polar surface area (TPSA) is 41.6 Å². The van der Waals surface area contributed by atoms with Gasteiger partial charge < -0.3 is 4.98 Å². The third kappa shape index (κ3) is 2.53. The minimum absolute atomic E-state index is 0.678. The van der Waals surface area contributed by atoms with Gasteiger partial charge in [-0.2, -0.15) is 0 Å². The van der Waals surface area contributed by atoms with Gasteiger partial charge in [-0.25, -0.2) is 9.97 Å². The number of benzene rings is 2. The second-order valence-corrected chi connectivity index (χ2v) is 7.19. The molecule has 23 heavy (non-hydrogen) atoms. The van der Waals surface area contributed by atoms with Crippen molar-refractivity contribution in [2.75, 3.05) is 6.26 Å². The summed E-state index contributed by atoms with van der Waals surface area (Å²) >= 11 is 11.4. The van der Waals surface area contributed by atoms with Gasteiger partial charge in [-0.1, -0.05) is 39.7 Å². The zero-order valence-electron chi connectivity index (χ0n) is 12.1. The molecule has 0 aliphatic rings. The van der Waals surface area contributed by atoms with Gasteiger partial charge in [0.2, 0.25) is 0 Å². The Kier molecular flexibility index (Phi) is 3.79. The summed E-state index contributed by atoms with van der Waals surface area (Å²) in [6.45, 7) is 0. The number of pyridine rings is 1. The third-order valence-electron chi connectivity index (χ3n) is 3.68. The van der Waals surface area contributed by atoms with Crippen LogP contribution in [0.2, 0.25) is 5.02 Å². The van der Waals surface area contributed by atoms with E-state index in [1.807, 2.05) is 48.7 Å². The van der Waals surface area contributed by atoms with E-state index in [9.17, 15) is 0 Å². The van der Waals surface area contributed by atoms with Crippen molar-refractivity contribution in [1.29, 1.82) is 0 Å². The first-order valence-corrected chi connectivity index (χ1v) is 9.35. The Morgan fingerprint density at radius 1 is 1.13 bits per heavy atom. The van der Waals surface area contributed by atoms with Crippen LogP contribution in [-0.4, -0.2) is 21.2 Å². The van der Waals surface area contributed by atoms with Gasteiger partial charge in [0.1, 0.15) is 16.4 Å². The van der Waals surface area contributed by atoms with Crippen LogP contribution < -0.4 is 0 Å². The van der Waals surface area contributed by atoms with Crippen LogP contribution in [0.4, 0.5) is 0 Å². The fourth-order valence-electron chi connectivity index (χ4n) is 2.61. The van der Waals surface area contributed by atoms with Crippen molar-refractivity contribution in [2.24, 2.45) is 0 Å². The van der Waals surface area contributed by atoms with Crippen LogP contribution in [0.25, 0.3) is 33.3 Å². The summed E-state index contributed by atoms with van der Waals surface area (Å²) in [4.78, 5) is 12.9. The van der Waals surface area contributed by atoms with Gasteiger partial charge in [0, 0.05) is 15.4 Å². The Hall–Kier alpha value is -1.56. The Morgan fingerprint density at radius 2 is 1.96 bits per heavy atom. The molecular weight excluding hydrogens is 394 g/mol. The van der Waals surface area contributed by atoms with Crippen LogP contribution >= 0.6 is 39.3 Å². The van der Waals surface area contributed by atoms with Crippen molar-refractivity contribution >= 4 is 61.2 Å². The number of aromatic amines is 1. The number of nitrogens with zero attached hydrogens (tertiary/aromatic N) is 2. The Labute approximate surface area is 150 Å². The van der Waals surface area contributed by atoms with Crippen LogP contribution in [0.5, 0.6) is 0 Å². The molecule has 0 aliphatic heterocycles. The maximum atomic E-state index is 6.31. The highest BCUT2D eigenvalue weighted by Gasteiger charge is 2.15. The Bertz CT molecular complexity index is 1040. The molecular formula is C17H11BrClN3S. The molecule has 2 aromatic carbocycles. The second-order valence-electron chi connectivity index (χ2n) is 5.07. The van der Waals surface area contributed by atoms with Crippen LogP contribution in [0, 0.1) is 0 Å². The van der Waals surface area contributed by atoms with Gasteiger partial charge in [0.15, 0.2) is 0 Å². The molecule has 0 unspecified atom stereocenters. The molecule has 0 radical (unpaired) electrons. The minimum Gasteiger partial charge on any atom is -0.336 e. The molecule has 0 spiro atoms. The third-order valence-corrected chi connectivity index (χ3v) is 5.18. The molecule has 0 saturated heterocycles. The lowest BCUT2D eigenvalue weighted by molar-refractivity contribution is 1.21. The van der Waals surface area contributed by atoms with Gasteiger partial charge in [0.25, 0.3) is 0 Å². The number of halogens is 2. The second kappa shape index (κ2) is 5.82. The van der Waals surface area contributed by atoms with Crippen LogP contribution in [0.1, 0.15) is 0 Å². The summed E-state index contributed by atoms with van der Waals surface area (Å²) < 4.78 is 1.01. The summed E-state index contributed by atoms with van der Waals surface area (Å²) in [5.74, 6) is 0.762. The molecule has 4 aromatic rings. The molecule has 3 nitrogen and oxygen atoms in total. The monoisotopic (exact) mass is 403 g/mol. The summed E-state index contributed by atoms with van der Waals surface area (Å²) in [6.07, 6.45) is 2.02.